The highest BCUT2D eigenvalue weighted by Gasteiger charge is 2.42. The van der Waals surface area contributed by atoms with Crippen molar-refractivity contribution in [2.45, 2.75) is 123 Å². The Balaban J connectivity index is 1.85. The topological polar surface area (TPSA) is 210 Å². The van der Waals surface area contributed by atoms with Gasteiger partial charge in [-0.25, -0.2) is 14.8 Å². The van der Waals surface area contributed by atoms with E-state index < -0.39 is 47.3 Å². The van der Waals surface area contributed by atoms with Gasteiger partial charge in [0, 0.05) is 13.1 Å². The van der Waals surface area contributed by atoms with Crippen LogP contribution in [0.3, 0.4) is 0 Å². The predicted molar refractivity (Wildman–Crippen MR) is 190 cm³/mol. The predicted octanol–water partition coefficient (Wildman–Crippen LogP) is 4.56. The number of amides is 4. The molecule has 3 rings (SSSR count). The lowest BCUT2D eigenvalue weighted by atomic mass is 9.82. The lowest BCUT2D eigenvalue weighted by Gasteiger charge is -2.35. The van der Waals surface area contributed by atoms with Crippen molar-refractivity contribution in [1.29, 1.82) is 0 Å². The molecule has 0 radical (unpaired) electrons. The fraction of sp³-hybridized carbons (Fsp3) is 0.622. The molecule has 0 bridgehead atoms. The van der Waals surface area contributed by atoms with Crippen LogP contribution in [0.5, 0.6) is 11.5 Å². The van der Waals surface area contributed by atoms with Gasteiger partial charge < -0.3 is 34.9 Å². The number of esters is 1. The van der Waals surface area contributed by atoms with E-state index in [9.17, 15) is 34.3 Å². The highest BCUT2D eigenvalue weighted by molar-refractivity contribution is 5.96. The second-order valence-corrected chi connectivity index (χ2v) is 13.7. The second kappa shape index (κ2) is 20.4. The van der Waals surface area contributed by atoms with Crippen LogP contribution in [0.4, 0.5) is 0 Å². The number of ether oxygens (including phenoxy) is 2. The number of aromatic hydroxyl groups is 1. The largest absolute Gasteiger partial charge is 0.507 e. The summed E-state index contributed by atoms with van der Waals surface area (Å²) in [5, 5.41) is 29.2. The first-order valence-corrected chi connectivity index (χ1v) is 18.2. The van der Waals surface area contributed by atoms with Crippen LogP contribution in [-0.4, -0.2) is 88.8 Å². The van der Waals surface area contributed by atoms with E-state index in [0.29, 0.717) is 68.7 Å². The number of phenolic OH excluding ortho intramolecular Hbond substituents is 1. The standard InChI is InChI=1S/C37H55N5O10/c1-6-7-8-9-10-17-30(37(3,4)36(48)40-27-15-12-14-21-42(49)34(27)46)52-35(47)28(16-11-13-20-38-23-43)39-32(45)31-24(2)51-33(41-31)26-22-25(50-5)18-19-29(26)44/h18-19,22-23,27-28,30,44,49H,6-17,20-21H2,1-5H3,(H,38,43)(H,39,45)(H,40,48). The quantitative estimate of drug-likeness (QED) is 0.0520. The number of aromatic nitrogens is 1. The molecular weight excluding hydrogens is 674 g/mol. The number of phenols is 1. The Kier molecular flexibility index (Phi) is 16.4. The molecular formula is C37H55N5O10. The Bertz CT molecular complexity index is 1510. The highest BCUT2D eigenvalue weighted by atomic mass is 16.5. The highest BCUT2D eigenvalue weighted by Crippen LogP contribution is 2.33. The summed E-state index contributed by atoms with van der Waals surface area (Å²) in [6.45, 7) is 7.49. The molecule has 4 amide bonds. The van der Waals surface area contributed by atoms with Crippen molar-refractivity contribution < 1.29 is 48.2 Å². The number of hydrogen-bond donors (Lipinski definition) is 5. The van der Waals surface area contributed by atoms with Gasteiger partial charge in [0.25, 0.3) is 11.8 Å². The maximum absolute atomic E-state index is 14.0. The van der Waals surface area contributed by atoms with Crippen LogP contribution in [0.1, 0.15) is 114 Å². The zero-order valence-corrected chi connectivity index (χ0v) is 31.0. The minimum absolute atomic E-state index is 0.0227. The molecule has 0 saturated carbocycles. The molecule has 3 unspecified atom stereocenters. The summed E-state index contributed by atoms with van der Waals surface area (Å²) in [6, 6.07) is 2.42. The van der Waals surface area contributed by atoms with Crippen molar-refractivity contribution in [2.75, 3.05) is 20.2 Å². The number of benzene rings is 1. The average molecular weight is 730 g/mol. The molecule has 1 aliphatic rings. The summed E-state index contributed by atoms with van der Waals surface area (Å²) in [5.74, 6) is -2.13. The second-order valence-electron chi connectivity index (χ2n) is 13.7. The number of hydrogen-bond acceptors (Lipinski definition) is 11. The lowest BCUT2D eigenvalue weighted by Crippen LogP contribution is -2.54. The lowest BCUT2D eigenvalue weighted by molar-refractivity contribution is -0.169. The molecule has 52 heavy (non-hydrogen) atoms. The molecule has 5 N–H and O–H groups in total. The van der Waals surface area contributed by atoms with E-state index in [4.69, 9.17) is 13.9 Å². The van der Waals surface area contributed by atoms with Gasteiger partial charge >= 0.3 is 5.97 Å². The van der Waals surface area contributed by atoms with Crippen LogP contribution in [0.15, 0.2) is 22.6 Å². The molecule has 15 heteroatoms. The van der Waals surface area contributed by atoms with Gasteiger partial charge in [0.2, 0.25) is 18.2 Å². The minimum atomic E-state index is -1.29. The van der Waals surface area contributed by atoms with Gasteiger partial charge in [-0.15, -0.1) is 0 Å². The molecule has 3 atom stereocenters. The third kappa shape index (κ3) is 11.7. The Morgan fingerprint density at radius 1 is 1.12 bits per heavy atom. The number of oxazole rings is 1. The Hall–Kier alpha value is -4.66. The molecule has 0 spiro atoms. The normalized spacial score (nSPS) is 16.0. The molecule has 1 aromatic heterocycles. The van der Waals surface area contributed by atoms with Crippen LogP contribution in [0.2, 0.25) is 0 Å². The number of carbonyl (C=O) groups is 5. The summed E-state index contributed by atoms with van der Waals surface area (Å²) in [5.41, 5.74) is -1.18. The van der Waals surface area contributed by atoms with E-state index in [1.807, 2.05) is 0 Å². The van der Waals surface area contributed by atoms with Crippen LogP contribution in [-0.2, 0) is 23.9 Å². The first-order valence-electron chi connectivity index (χ1n) is 18.2. The summed E-state index contributed by atoms with van der Waals surface area (Å²) in [6.07, 6.45) is 7.36. The Labute approximate surface area is 305 Å². The minimum Gasteiger partial charge on any atom is -0.507 e. The van der Waals surface area contributed by atoms with Gasteiger partial charge in [0.15, 0.2) is 5.69 Å². The van der Waals surface area contributed by atoms with Crippen LogP contribution in [0.25, 0.3) is 11.5 Å². The number of nitrogens with zero attached hydrogens (tertiary/aromatic N) is 2. The van der Waals surface area contributed by atoms with E-state index in [0.717, 1.165) is 25.7 Å². The fourth-order valence-corrected chi connectivity index (χ4v) is 6.02. The monoisotopic (exact) mass is 729 g/mol. The smallest absolute Gasteiger partial charge is 0.328 e. The number of methoxy groups -OCH3 is 1. The van der Waals surface area contributed by atoms with Gasteiger partial charge in [-0.05, 0) is 90.3 Å². The van der Waals surface area contributed by atoms with Crippen LogP contribution in [0, 0.1) is 12.3 Å². The van der Waals surface area contributed by atoms with E-state index in [2.05, 4.69) is 27.9 Å². The van der Waals surface area contributed by atoms with Crippen molar-refractivity contribution in [3.63, 3.8) is 0 Å². The molecule has 288 valence electrons. The SMILES string of the molecule is CCCCCCCC(OC(=O)C(CCCCNC=O)NC(=O)c1nc(-c2cc(OC)ccc2O)oc1C)C(C)(C)C(=O)NC1CCCCN(O)C1=O. The van der Waals surface area contributed by atoms with Crippen molar-refractivity contribution >= 4 is 30.1 Å². The van der Waals surface area contributed by atoms with Gasteiger partial charge in [-0.2, -0.15) is 0 Å². The van der Waals surface area contributed by atoms with E-state index in [1.54, 1.807) is 19.9 Å². The first kappa shape index (κ1) is 41.8. The summed E-state index contributed by atoms with van der Waals surface area (Å²) >= 11 is 0. The van der Waals surface area contributed by atoms with Gasteiger partial charge in [0.05, 0.1) is 18.1 Å². The van der Waals surface area contributed by atoms with Crippen LogP contribution >= 0.6 is 0 Å². The summed E-state index contributed by atoms with van der Waals surface area (Å²) < 4.78 is 17.1. The molecule has 1 aliphatic heterocycles. The van der Waals surface area contributed by atoms with Gasteiger partial charge in [-0.1, -0.05) is 32.6 Å². The Morgan fingerprint density at radius 2 is 1.85 bits per heavy atom. The van der Waals surface area contributed by atoms with E-state index in [1.165, 1.54) is 26.2 Å². The summed E-state index contributed by atoms with van der Waals surface area (Å²) in [4.78, 5) is 69.2. The maximum atomic E-state index is 14.0. The number of rotatable bonds is 21. The molecule has 0 aliphatic carbocycles. The molecule has 1 aromatic carbocycles. The van der Waals surface area contributed by atoms with Gasteiger partial charge in [-0.3, -0.25) is 24.4 Å². The first-order chi connectivity index (χ1) is 24.8. The van der Waals surface area contributed by atoms with Gasteiger partial charge in [0.1, 0.15) is 35.4 Å². The van der Waals surface area contributed by atoms with Crippen molar-refractivity contribution in [3.05, 3.63) is 29.7 Å². The van der Waals surface area contributed by atoms with Crippen molar-refractivity contribution in [3.8, 4) is 23.0 Å². The number of carbonyl (C=O) groups excluding carboxylic acids is 5. The van der Waals surface area contributed by atoms with Crippen molar-refractivity contribution in [1.82, 2.24) is 26.0 Å². The number of hydroxylamine groups is 2. The zero-order valence-electron chi connectivity index (χ0n) is 31.0. The zero-order chi connectivity index (χ0) is 38.3. The maximum Gasteiger partial charge on any atom is 0.328 e. The average Bonchev–Trinajstić information content (AvgIpc) is 3.44. The molecule has 1 fully saturated rings. The number of unbranched alkanes of at least 4 members (excludes halogenated alkanes) is 5. The van der Waals surface area contributed by atoms with E-state index in [-0.39, 0.29) is 41.6 Å². The Morgan fingerprint density at radius 3 is 2.56 bits per heavy atom. The van der Waals surface area contributed by atoms with Crippen molar-refractivity contribution in [2.24, 2.45) is 5.41 Å². The molecule has 15 nitrogen and oxygen atoms in total. The summed E-state index contributed by atoms with van der Waals surface area (Å²) in [7, 11) is 1.47. The third-order valence-corrected chi connectivity index (χ3v) is 9.37. The third-order valence-electron chi connectivity index (χ3n) is 9.37. The molecule has 2 aromatic rings. The van der Waals surface area contributed by atoms with Crippen LogP contribution < -0.4 is 20.7 Å². The number of nitrogens with one attached hydrogen (secondary N) is 3. The molecule has 2 heterocycles. The number of aryl methyl sites for hydroxylation is 1. The van der Waals surface area contributed by atoms with E-state index >= 15 is 0 Å². The fourth-order valence-electron chi connectivity index (χ4n) is 6.02. The molecule has 1 saturated heterocycles.